The number of hydrogen-bond acceptors (Lipinski definition) is 3. The van der Waals surface area contributed by atoms with Gasteiger partial charge < -0.3 is 15.2 Å². The van der Waals surface area contributed by atoms with Gasteiger partial charge in [-0.2, -0.15) is 0 Å². The third-order valence-corrected chi connectivity index (χ3v) is 2.32. The lowest BCUT2D eigenvalue weighted by atomic mass is 10.0. The lowest BCUT2D eigenvalue weighted by Gasteiger charge is -2.17. The summed E-state index contributed by atoms with van der Waals surface area (Å²) < 4.78 is 5.06. The molecule has 1 aromatic rings. The topological polar surface area (TPSA) is 58.6 Å². The number of ether oxygens (including phenoxy) is 1. The molecule has 0 bridgehead atoms. The highest BCUT2D eigenvalue weighted by Crippen LogP contribution is 2.19. The van der Waals surface area contributed by atoms with E-state index in [1.165, 1.54) is 0 Å². The number of benzene rings is 1. The first-order valence-electron chi connectivity index (χ1n) is 5.23. The quantitative estimate of drug-likeness (QED) is 0.768. The molecule has 1 unspecified atom stereocenters. The van der Waals surface area contributed by atoms with Crippen molar-refractivity contribution in [3.05, 3.63) is 35.4 Å². The molecule has 4 nitrogen and oxygen atoms in total. The largest absolute Gasteiger partial charge is 0.480 e. The maximum Gasteiger partial charge on any atom is 0.325 e. The fourth-order valence-corrected chi connectivity index (χ4v) is 1.64. The van der Waals surface area contributed by atoms with Gasteiger partial charge in [-0.05, 0) is 17.7 Å². The third kappa shape index (κ3) is 3.05. The van der Waals surface area contributed by atoms with Gasteiger partial charge in [0.15, 0.2) is 0 Å². The number of carbonyl (C=O) groups is 1. The number of carboxylic acids is 1. The Balaban J connectivity index is 3.02. The molecule has 0 heterocycles. The van der Waals surface area contributed by atoms with Crippen LogP contribution in [0.3, 0.4) is 0 Å². The van der Waals surface area contributed by atoms with Gasteiger partial charge in [-0.15, -0.1) is 0 Å². The number of aliphatic carboxylic acids is 1. The van der Waals surface area contributed by atoms with Gasteiger partial charge in [0.25, 0.3) is 0 Å². The zero-order chi connectivity index (χ0) is 12.0. The van der Waals surface area contributed by atoms with E-state index in [2.05, 4.69) is 5.32 Å². The molecule has 0 radical (unpaired) electrons. The minimum atomic E-state index is -0.870. The molecule has 88 valence electrons. The molecule has 0 aliphatic carbocycles. The SMILES string of the molecule is CCNC(C(=O)O)c1ccccc1COC. The van der Waals surface area contributed by atoms with Gasteiger partial charge in [0.1, 0.15) is 6.04 Å². The van der Waals surface area contributed by atoms with E-state index in [4.69, 9.17) is 9.84 Å². The van der Waals surface area contributed by atoms with Crippen LogP contribution in [0.15, 0.2) is 24.3 Å². The van der Waals surface area contributed by atoms with Crippen molar-refractivity contribution in [3.8, 4) is 0 Å². The van der Waals surface area contributed by atoms with Crippen LogP contribution in [-0.4, -0.2) is 24.7 Å². The maximum atomic E-state index is 11.1. The molecule has 16 heavy (non-hydrogen) atoms. The summed E-state index contributed by atoms with van der Waals surface area (Å²) in [6.07, 6.45) is 0. The van der Waals surface area contributed by atoms with E-state index in [1.54, 1.807) is 7.11 Å². The maximum absolute atomic E-state index is 11.1. The van der Waals surface area contributed by atoms with Crippen molar-refractivity contribution in [2.45, 2.75) is 19.6 Å². The van der Waals surface area contributed by atoms with Crippen molar-refractivity contribution in [2.24, 2.45) is 0 Å². The van der Waals surface area contributed by atoms with E-state index >= 15 is 0 Å². The highest BCUT2D eigenvalue weighted by molar-refractivity contribution is 5.76. The van der Waals surface area contributed by atoms with Crippen molar-refractivity contribution >= 4 is 5.97 Å². The third-order valence-electron chi connectivity index (χ3n) is 2.32. The Morgan fingerprint density at radius 3 is 2.75 bits per heavy atom. The van der Waals surface area contributed by atoms with Gasteiger partial charge >= 0.3 is 5.97 Å². The Morgan fingerprint density at radius 2 is 2.19 bits per heavy atom. The molecular formula is C12H17NO3. The van der Waals surface area contributed by atoms with Crippen LogP contribution in [0.1, 0.15) is 24.1 Å². The van der Waals surface area contributed by atoms with Crippen LogP contribution in [0, 0.1) is 0 Å². The molecular weight excluding hydrogens is 206 g/mol. The molecule has 0 aliphatic heterocycles. The monoisotopic (exact) mass is 223 g/mol. The Kier molecular flexibility index (Phi) is 4.95. The average Bonchev–Trinajstić information content (AvgIpc) is 2.27. The zero-order valence-corrected chi connectivity index (χ0v) is 9.56. The number of carboxylic acid groups (broad SMARTS) is 1. The van der Waals surface area contributed by atoms with Gasteiger partial charge in [0, 0.05) is 7.11 Å². The van der Waals surface area contributed by atoms with E-state index in [1.807, 2.05) is 31.2 Å². The first-order valence-corrected chi connectivity index (χ1v) is 5.23. The summed E-state index contributed by atoms with van der Waals surface area (Å²) in [7, 11) is 1.60. The number of hydrogen-bond donors (Lipinski definition) is 2. The standard InChI is InChI=1S/C12H17NO3/c1-3-13-11(12(14)15)10-7-5-4-6-9(10)8-16-2/h4-7,11,13H,3,8H2,1-2H3,(H,14,15). The van der Waals surface area contributed by atoms with Gasteiger partial charge in [-0.25, -0.2) is 0 Å². The number of nitrogens with one attached hydrogen (secondary N) is 1. The van der Waals surface area contributed by atoms with Crippen LogP contribution < -0.4 is 5.32 Å². The highest BCUT2D eigenvalue weighted by Gasteiger charge is 2.20. The molecule has 0 amide bonds. The normalized spacial score (nSPS) is 12.4. The molecule has 0 spiro atoms. The van der Waals surface area contributed by atoms with E-state index < -0.39 is 12.0 Å². The predicted octanol–water partition coefficient (Wildman–Crippen LogP) is 1.57. The first kappa shape index (κ1) is 12.7. The molecule has 1 aromatic carbocycles. The summed E-state index contributed by atoms with van der Waals surface area (Å²) in [5.74, 6) is -0.870. The molecule has 0 fully saturated rings. The van der Waals surface area contributed by atoms with Gasteiger partial charge in [-0.3, -0.25) is 4.79 Å². The first-order chi connectivity index (χ1) is 7.70. The second kappa shape index (κ2) is 6.25. The summed E-state index contributed by atoms with van der Waals surface area (Å²) in [6.45, 7) is 2.92. The molecule has 0 aromatic heterocycles. The van der Waals surface area contributed by atoms with Crippen LogP contribution in [-0.2, 0) is 16.1 Å². The van der Waals surface area contributed by atoms with Crippen LogP contribution in [0.2, 0.25) is 0 Å². The second-order valence-corrected chi connectivity index (χ2v) is 3.46. The average molecular weight is 223 g/mol. The summed E-state index contributed by atoms with van der Waals surface area (Å²) >= 11 is 0. The fourth-order valence-electron chi connectivity index (χ4n) is 1.64. The summed E-state index contributed by atoms with van der Waals surface area (Å²) in [6, 6.07) is 6.74. The summed E-state index contributed by atoms with van der Waals surface area (Å²) in [4.78, 5) is 11.1. The minimum Gasteiger partial charge on any atom is -0.480 e. The fraction of sp³-hybridized carbons (Fsp3) is 0.417. The van der Waals surface area contributed by atoms with Crippen LogP contribution in [0.25, 0.3) is 0 Å². The number of methoxy groups -OCH3 is 1. The predicted molar refractivity (Wildman–Crippen MR) is 61.2 cm³/mol. The van der Waals surface area contributed by atoms with E-state index in [9.17, 15) is 4.79 Å². The molecule has 0 saturated carbocycles. The molecule has 2 N–H and O–H groups in total. The summed E-state index contributed by atoms with van der Waals surface area (Å²) in [5, 5.41) is 12.1. The molecule has 0 saturated heterocycles. The van der Waals surface area contributed by atoms with Crippen LogP contribution in [0.4, 0.5) is 0 Å². The number of likely N-dealkylation sites (N-methyl/N-ethyl adjacent to an activating group) is 1. The van der Waals surface area contributed by atoms with Gasteiger partial charge in [0.05, 0.1) is 6.61 Å². The number of rotatable bonds is 6. The van der Waals surface area contributed by atoms with Gasteiger partial charge in [0.2, 0.25) is 0 Å². The zero-order valence-electron chi connectivity index (χ0n) is 9.56. The van der Waals surface area contributed by atoms with E-state index in [0.29, 0.717) is 13.2 Å². The highest BCUT2D eigenvalue weighted by atomic mass is 16.5. The molecule has 0 aliphatic rings. The van der Waals surface area contributed by atoms with Crippen molar-refractivity contribution in [1.82, 2.24) is 5.32 Å². The minimum absolute atomic E-state index is 0.422. The Hall–Kier alpha value is -1.39. The Bertz CT molecular complexity index is 352. The van der Waals surface area contributed by atoms with Crippen molar-refractivity contribution < 1.29 is 14.6 Å². The van der Waals surface area contributed by atoms with E-state index in [-0.39, 0.29) is 0 Å². The molecule has 1 atom stereocenters. The van der Waals surface area contributed by atoms with Crippen molar-refractivity contribution in [2.75, 3.05) is 13.7 Å². The second-order valence-electron chi connectivity index (χ2n) is 3.46. The lowest BCUT2D eigenvalue weighted by molar-refractivity contribution is -0.139. The lowest BCUT2D eigenvalue weighted by Crippen LogP contribution is -2.29. The Morgan fingerprint density at radius 1 is 1.50 bits per heavy atom. The van der Waals surface area contributed by atoms with Crippen molar-refractivity contribution in [3.63, 3.8) is 0 Å². The van der Waals surface area contributed by atoms with Gasteiger partial charge in [-0.1, -0.05) is 31.2 Å². The summed E-state index contributed by atoms with van der Waals surface area (Å²) in [5.41, 5.74) is 1.66. The van der Waals surface area contributed by atoms with Crippen LogP contribution in [0.5, 0.6) is 0 Å². The smallest absolute Gasteiger partial charge is 0.325 e. The van der Waals surface area contributed by atoms with Crippen LogP contribution >= 0.6 is 0 Å². The molecule has 4 heteroatoms. The van der Waals surface area contributed by atoms with E-state index in [0.717, 1.165) is 11.1 Å². The van der Waals surface area contributed by atoms with Crippen molar-refractivity contribution in [1.29, 1.82) is 0 Å². The Labute approximate surface area is 95.2 Å². The molecule has 1 rings (SSSR count).